The minimum Gasteiger partial charge on any atom is -0.491 e. The Morgan fingerprint density at radius 3 is 2.63 bits per heavy atom. The number of aliphatic hydroxyl groups is 1. The van der Waals surface area contributed by atoms with Gasteiger partial charge in [-0.15, -0.1) is 11.3 Å². The summed E-state index contributed by atoms with van der Waals surface area (Å²) in [7, 11) is 0. The summed E-state index contributed by atoms with van der Waals surface area (Å²) in [6.45, 7) is 4.79. The zero-order valence-corrected chi connectivity index (χ0v) is 22.1. The largest absolute Gasteiger partial charge is 0.491 e. The first-order valence-corrected chi connectivity index (χ1v) is 13.6. The Hall–Kier alpha value is -3.28. The van der Waals surface area contributed by atoms with Gasteiger partial charge in [-0.05, 0) is 47.8 Å². The van der Waals surface area contributed by atoms with Gasteiger partial charge in [-0.3, -0.25) is 9.80 Å². The standard InChI is InChI=1S/C27H26ClN5O4S/c28-19-5-3-18(4-6-19)27-29-22-14-21(7-8-23(22)36-27)35-17-20(34)15-32-9-11-33(12-10-32)16-25-30-26(31-37-25)24-2-1-13-38-24/h1-8,13-14,20,34H,9-12,15-17H2/t20-/m0/s1. The lowest BCUT2D eigenvalue weighted by atomic mass is 10.2. The van der Waals surface area contributed by atoms with Gasteiger partial charge in [-0.1, -0.05) is 22.8 Å². The average molecular weight is 552 g/mol. The first kappa shape index (κ1) is 25.0. The third kappa shape index (κ3) is 5.90. The van der Waals surface area contributed by atoms with Crippen LogP contribution in [0.2, 0.25) is 5.02 Å². The molecule has 196 valence electrons. The van der Waals surface area contributed by atoms with Crippen molar-refractivity contribution in [2.45, 2.75) is 12.6 Å². The Morgan fingerprint density at radius 1 is 1.03 bits per heavy atom. The van der Waals surface area contributed by atoms with Crippen LogP contribution in [0.25, 0.3) is 33.3 Å². The fourth-order valence-electron chi connectivity index (χ4n) is 4.40. The van der Waals surface area contributed by atoms with Gasteiger partial charge in [0.25, 0.3) is 0 Å². The van der Waals surface area contributed by atoms with E-state index < -0.39 is 6.10 Å². The number of benzene rings is 2. The molecule has 0 aliphatic carbocycles. The van der Waals surface area contributed by atoms with Crippen molar-refractivity contribution in [3.63, 3.8) is 0 Å². The van der Waals surface area contributed by atoms with Gasteiger partial charge in [0.15, 0.2) is 5.58 Å². The van der Waals surface area contributed by atoms with Crippen LogP contribution in [0.1, 0.15) is 5.89 Å². The number of aliphatic hydroxyl groups excluding tert-OH is 1. The number of oxazole rings is 1. The van der Waals surface area contributed by atoms with Crippen LogP contribution in [0, 0.1) is 0 Å². The van der Waals surface area contributed by atoms with Crippen LogP contribution in [-0.2, 0) is 6.54 Å². The van der Waals surface area contributed by atoms with Crippen molar-refractivity contribution in [3.05, 3.63) is 70.9 Å². The average Bonchev–Trinajstić information content (AvgIpc) is 3.70. The Kier molecular flexibility index (Phi) is 7.39. The van der Waals surface area contributed by atoms with Crippen LogP contribution in [0.3, 0.4) is 0 Å². The molecule has 1 N–H and O–H groups in total. The van der Waals surface area contributed by atoms with Crippen molar-refractivity contribution < 1.29 is 18.8 Å². The van der Waals surface area contributed by atoms with E-state index in [-0.39, 0.29) is 6.61 Å². The van der Waals surface area contributed by atoms with E-state index in [0.717, 1.165) is 36.6 Å². The smallest absolute Gasteiger partial charge is 0.241 e. The molecule has 6 rings (SSSR count). The first-order chi connectivity index (χ1) is 18.6. The van der Waals surface area contributed by atoms with Gasteiger partial charge in [0, 0.05) is 49.4 Å². The number of aromatic nitrogens is 3. The van der Waals surface area contributed by atoms with Crippen LogP contribution >= 0.6 is 22.9 Å². The molecule has 0 radical (unpaired) electrons. The number of ether oxygens (including phenoxy) is 1. The van der Waals surface area contributed by atoms with E-state index in [1.807, 2.05) is 47.8 Å². The van der Waals surface area contributed by atoms with Crippen molar-refractivity contribution in [1.29, 1.82) is 0 Å². The van der Waals surface area contributed by atoms with E-state index in [9.17, 15) is 5.11 Å². The normalized spacial score (nSPS) is 15.7. The molecule has 3 aromatic heterocycles. The summed E-state index contributed by atoms with van der Waals surface area (Å²) in [6, 6.07) is 16.8. The summed E-state index contributed by atoms with van der Waals surface area (Å²) < 4.78 is 17.2. The number of halogens is 1. The summed E-state index contributed by atoms with van der Waals surface area (Å²) in [4.78, 5) is 14.6. The first-order valence-electron chi connectivity index (χ1n) is 12.4. The van der Waals surface area contributed by atoms with E-state index in [2.05, 4.69) is 24.9 Å². The summed E-state index contributed by atoms with van der Waals surface area (Å²) >= 11 is 7.57. The summed E-state index contributed by atoms with van der Waals surface area (Å²) in [5, 5.41) is 17.3. The maximum absolute atomic E-state index is 10.6. The van der Waals surface area contributed by atoms with Gasteiger partial charge in [0.05, 0.1) is 11.4 Å². The number of rotatable bonds is 9. The van der Waals surface area contributed by atoms with E-state index in [4.69, 9.17) is 25.3 Å². The second-order valence-electron chi connectivity index (χ2n) is 9.19. The lowest BCUT2D eigenvalue weighted by Crippen LogP contribution is -2.48. The van der Waals surface area contributed by atoms with Crippen molar-refractivity contribution in [2.75, 3.05) is 39.3 Å². The summed E-state index contributed by atoms with van der Waals surface area (Å²) in [5.74, 6) is 2.43. The Labute approximate surface area is 228 Å². The number of hydrogen-bond acceptors (Lipinski definition) is 10. The molecular weight excluding hydrogens is 526 g/mol. The van der Waals surface area contributed by atoms with Crippen molar-refractivity contribution in [3.8, 4) is 27.9 Å². The highest BCUT2D eigenvalue weighted by Gasteiger charge is 2.22. The second-order valence-corrected chi connectivity index (χ2v) is 10.6. The molecule has 1 saturated heterocycles. The zero-order chi connectivity index (χ0) is 25.9. The molecule has 0 spiro atoms. The molecule has 1 aliphatic heterocycles. The predicted octanol–water partition coefficient (Wildman–Crippen LogP) is 4.82. The topological polar surface area (TPSA) is 101 Å². The van der Waals surface area contributed by atoms with E-state index in [0.29, 0.717) is 52.6 Å². The molecule has 38 heavy (non-hydrogen) atoms. The van der Waals surface area contributed by atoms with Gasteiger partial charge in [-0.25, -0.2) is 4.98 Å². The molecule has 1 fully saturated rings. The summed E-state index contributed by atoms with van der Waals surface area (Å²) in [5.41, 5.74) is 2.22. The van der Waals surface area contributed by atoms with Crippen LogP contribution < -0.4 is 4.74 Å². The number of hydrogen-bond donors (Lipinski definition) is 1. The number of β-amino-alcohol motifs (C(OH)–C–C–N with tert-alkyl or cyclic N) is 1. The highest BCUT2D eigenvalue weighted by atomic mass is 35.5. The molecule has 9 nitrogen and oxygen atoms in total. The molecule has 1 aliphatic rings. The van der Waals surface area contributed by atoms with Gasteiger partial charge in [-0.2, -0.15) is 4.98 Å². The van der Waals surface area contributed by atoms with Crippen molar-refractivity contribution >= 4 is 34.0 Å². The maximum atomic E-state index is 10.6. The van der Waals surface area contributed by atoms with Gasteiger partial charge >= 0.3 is 0 Å². The third-order valence-corrected chi connectivity index (χ3v) is 7.51. The minimum absolute atomic E-state index is 0.196. The lowest BCUT2D eigenvalue weighted by molar-refractivity contribution is 0.0426. The van der Waals surface area contributed by atoms with Crippen LogP contribution in [0.15, 0.2) is 68.9 Å². The monoisotopic (exact) mass is 551 g/mol. The van der Waals surface area contributed by atoms with Crippen LogP contribution in [-0.4, -0.2) is 75.5 Å². The minimum atomic E-state index is -0.608. The molecule has 1 atom stereocenters. The zero-order valence-electron chi connectivity index (χ0n) is 20.5. The van der Waals surface area contributed by atoms with E-state index in [1.54, 1.807) is 23.5 Å². The predicted molar refractivity (Wildman–Crippen MR) is 145 cm³/mol. The molecule has 0 amide bonds. The Bertz CT molecular complexity index is 1480. The molecule has 11 heteroatoms. The molecule has 4 heterocycles. The van der Waals surface area contributed by atoms with E-state index in [1.165, 1.54) is 0 Å². The SMILES string of the molecule is O[C@H](COc1ccc2oc(-c3ccc(Cl)cc3)nc2c1)CN1CCN(Cc2nc(-c3cccs3)no2)CC1. The lowest BCUT2D eigenvalue weighted by Gasteiger charge is -2.34. The van der Waals surface area contributed by atoms with Crippen molar-refractivity contribution in [2.24, 2.45) is 0 Å². The highest BCUT2D eigenvalue weighted by molar-refractivity contribution is 7.13. The molecule has 0 unspecified atom stereocenters. The number of nitrogens with zero attached hydrogens (tertiary/aromatic N) is 5. The van der Waals surface area contributed by atoms with Gasteiger partial charge in [0.2, 0.25) is 17.6 Å². The quantitative estimate of drug-likeness (QED) is 0.276. The molecular formula is C27H26ClN5O4S. The fourth-order valence-corrected chi connectivity index (χ4v) is 5.18. The third-order valence-electron chi connectivity index (χ3n) is 6.39. The summed E-state index contributed by atoms with van der Waals surface area (Å²) in [6.07, 6.45) is -0.608. The number of piperazine rings is 1. The molecule has 5 aromatic rings. The van der Waals surface area contributed by atoms with Crippen LogP contribution in [0.4, 0.5) is 0 Å². The van der Waals surface area contributed by atoms with Crippen molar-refractivity contribution in [1.82, 2.24) is 24.9 Å². The second kappa shape index (κ2) is 11.2. The van der Waals surface area contributed by atoms with Gasteiger partial charge < -0.3 is 18.8 Å². The Balaban J connectivity index is 0.963. The Morgan fingerprint density at radius 2 is 1.84 bits per heavy atom. The fraction of sp³-hybridized carbons (Fsp3) is 0.296. The highest BCUT2D eigenvalue weighted by Crippen LogP contribution is 2.28. The van der Waals surface area contributed by atoms with Crippen LogP contribution in [0.5, 0.6) is 5.75 Å². The van der Waals surface area contributed by atoms with E-state index >= 15 is 0 Å². The van der Waals surface area contributed by atoms with Gasteiger partial charge in [0.1, 0.15) is 24.0 Å². The number of fused-ring (bicyclic) bond motifs is 1. The number of thiophene rings is 1. The molecule has 0 saturated carbocycles. The molecule has 2 aromatic carbocycles. The maximum Gasteiger partial charge on any atom is 0.241 e. The molecule has 0 bridgehead atoms.